The zero-order valence-corrected chi connectivity index (χ0v) is 87.3. The molecule has 0 bridgehead atoms. The molecule has 0 fully saturated rings. The number of hydrogen-bond acceptors (Lipinski definition) is 16. The molecule has 0 spiro atoms. The molecular weight excluding hydrogens is 1940 g/mol. The molecule has 711 valence electrons. The van der Waals surface area contributed by atoms with Crippen molar-refractivity contribution in [3.05, 3.63) is 264 Å². The second-order valence-corrected chi connectivity index (χ2v) is 40.8. The number of aliphatic hydroxyl groups is 1. The maximum atomic E-state index is 11.2. The molecule has 0 atom stereocenters. The quantitative estimate of drug-likeness (QED) is 0.00886. The molecule has 6 aliphatic rings. The topological polar surface area (TPSA) is 279 Å². The van der Waals surface area contributed by atoms with Crippen LogP contribution in [0.3, 0.4) is 0 Å². The normalized spacial score (nSPS) is 17.1. The van der Waals surface area contributed by atoms with Crippen molar-refractivity contribution in [3.8, 4) is 0 Å². The number of aliphatic imine (C=N–C) groups is 3. The van der Waals surface area contributed by atoms with Crippen LogP contribution in [0.4, 0.5) is 34.4 Å². The second kappa shape index (κ2) is 51.2. The molecule has 29 heteroatoms. The number of nitrogens with one attached hydrogen (secondary N) is 1. The molecule has 1 radical (unpaired) electrons. The number of carboxylic acid groups (broad SMARTS) is 2. The summed E-state index contributed by atoms with van der Waals surface area (Å²) >= 11 is 16.0. The van der Waals surface area contributed by atoms with E-state index in [0.29, 0.717) is 58.3 Å². The number of nitrogens with zero attached hydrogens (tertiary/aromatic N) is 9. The number of aliphatic hydroxyl groups excluding tert-OH is 1. The summed E-state index contributed by atoms with van der Waals surface area (Å²) in [5.41, 5.74) is 19.9. The number of benzene rings is 6. The van der Waals surface area contributed by atoms with E-state index in [9.17, 15) is 40.6 Å². The van der Waals surface area contributed by atoms with E-state index < -0.39 is 32.2 Å². The molecule has 8 aromatic rings. The van der Waals surface area contributed by atoms with E-state index in [2.05, 4.69) is 245 Å². The van der Waals surface area contributed by atoms with Crippen molar-refractivity contribution in [3.63, 3.8) is 0 Å². The number of para-hydroxylation sites is 2. The van der Waals surface area contributed by atoms with Crippen LogP contribution in [-0.2, 0) is 83.1 Å². The Morgan fingerprint density at radius 1 is 0.583 bits per heavy atom. The van der Waals surface area contributed by atoms with E-state index in [1.165, 1.54) is 72.1 Å². The fourth-order valence-electron chi connectivity index (χ4n) is 17.1. The first kappa shape index (κ1) is 113. The minimum Gasteiger partial charge on any atom is -0.748 e. The first-order chi connectivity index (χ1) is 61.1. The molecule has 0 amide bonds. The minimum absolute atomic E-state index is 0. The van der Waals surface area contributed by atoms with Gasteiger partial charge in [-0.25, -0.2) is 26.0 Å². The van der Waals surface area contributed by atoms with Crippen molar-refractivity contribution in [1.82, 2.24) is 9.80 Å². The van der Waals surface area contributed by atoms with E-state index in [1.54, 1.807) is 6.92 Å². The van der Waals surface area contributed by atoms with Gasteiger partial charge in [-0.3, -0.25) is 28.8 Å². The Bertz CT molecular complexity index is 5930. The number of carboxylic acids is 2. The summed E-state index contributed by atoms with van der Waals surface area (Å²) in [7, 11) is -4.16. The fraction of sp³-hybridized carbons (Fsp3) is 0.408. The van der Waals surface area contributed by atoms with Crippen LogP contribution in [-0.4, -0.2) is 162 Å². The van der Waals surface area contributed by atoms with Crippen molar-refractivity contribution in [2.75, 3.05) is 81.7 Å². The molecule has 0 saturated carbocycles. The average molecular weight is 2070 g/mol. The molecule has 6 aliphatic heterocycles. The molecule has 0 aliphatic carbocycles. The number of carbonyl (C=O) groups is 2. The molecule has 8 heterocycles. The number of hydrogen-bond donors (Lipinski definition) is 4. The zero-order chi connectivity index (χ0) is 94.3. The van der Waals surface area contributed by atoms with Gasteiger partial charge in [0, 0.05) is 158 Å². The number of aliphatic carboxylic acids is 2. The van der Waals surface area contributed by atoms with Crippen LogP contribution in [0, 0.1) is 18.3 Å². The van der Waals surface area contributed by atoms with Gasteiger partial charge in [-0.1, -0.05) is 146 Å². The zero-order valence-electron chi connectivity index (χ0n) is 79.0. The fourth-order valence-corrected chi connectivity index (χ4v) is 18.7. The van der Waals surface area contributed by atoms with Crippen molar-refractivity contribution < 1.29 is 83.1 Å². The molecule has 0 unspecified atom stereocenters. The number of rotatable bonds is 28. The van der Waals surface area contributed by atoms with Gasteiger partial charge in [0.05, 0.1) is 83.8 Å². The first-order valence-electron chi connectivity index (χ1n) is 44.4. The maximum Gasteiger partial charge on any atom is 0.327 e. The standard InChI is InChI=1S/C44H53ClN4O5S.C21H25NO2.C20H20ClN3.C14H20N2O3S.C2H4I.C2H6O.2ClH.V/c1-30-15-19-34-31(27-30)16-20-36-40(34)44(4,5)38(49(36)25-9-7-8-14-39(50)51)22-18-33-29-47(6)28-32(41(33)45)17-21-37-43(2,3)35-13-12-24-48(42(35)46-37)23-10-11-26-55(52,53)54;1-14-8-10-17-16(13-14)9-11-18-20(17)21(3,4)15(2)22(18)12-6-5-7-19(23)24;1-24-14-16(12-22-18-8-4-2-5-9-18)20(21)17(15-24)13-23-19-10-6-3-7-11-19;1-11-14(2,3)12-7-6-9-16(13(12)15-11)8-4-5-10-20(17,18)19;2*1-2-3;;;/h12-13,15-22,24,27H,7-11,14,23,25-26,28-29H2,1-6H3,(H-,50,51,52,53,54);8-11,13H,5-7,12H2,1-4H3;2-13,22H,14-15H2,1H3;6-7,9H,4-5,8,10H2,1-3H3;2H,1H3;3H,2H2,1H3;2*1H;/q;;;;-1;;;;/p+1/b;;16-12+,23-13?;;;;;;. The number of likely N-dealkylation sites (N-methyl/N-ethyl adjacent to an activating group) is 2. The smallest absolute Gasteiger partial charge is 0.327 e. The van der Waals surface area contributed by atoms with Crippen LogP contribution < -0.4 is 19.4 Å². The number of halogens is 5. The molecule has 0 saturated heterocycles. The minimum atomic E-state index is -4.23. The Balaban J connectivity index is 0.000000290. The number of aryl methyl sites for hydroxylation is 4. The average Bonchev–Trinajstić information content (AvgIpc) is 1.57. The maximum absolute atomic E-state index is 11.2. The summed E-state index contributed by atoms with van der Waals surface area (Å²) < 4.78 is 73.4. The summed E-state index contributed by atoms with van der Waals surface area (Å²) in [5, 5.41) is 35.5. The number of anilines is 2. The van der Waals surface area contributed by atoms with Crippen LogP contribution in [0.25, 0.3) is 21.5 Å². The van der Waals surface area contributed by atoms with Crippen LogP contribution in [0.5, 0.6) is 0 Å². The Labute approximate surface area is 831 Å². The van der Waals surface area contributed by atoms with Gasteiger partial charge in [0.15, 0.2) is 11.4 Å². The molecule has 132 heavy (non-hydrogen) atoms. The monoisotopic (exact) mass is 2070 g/mol. The van der Waals surface area contributed by atoms with Crippen molar-refractivity contribution >= 4 is 182 Å². The third-order valence-corrected chi connectivity index (χ3v) is 26.9. The van der Waals surface area contributed by atoms with Crippen molar-refractivity contribution in [1.29, 1.82) is 0 Å². The van der Waals surface area contributed by atoms with Gasteiger partial charge in [-0.05, 0) is 249 Å². The third-order valence-electron chi connectivity index (χ3n) is 24.3. The van der Waals surface area contributed by atoms with E-state index in [-0.39, 0.29) is 96.0 Å². The van der Waals surface area contributed by atoms with Gasteiger partial charge in [0.25, 0.3) is 0 Å². The molecular formula is C103H131Cl4IN10O11S2V. The van der Waals surface area contributed by atoms with Gasteiger partial charge in [0.1, 0.15) is 12.3 Å². The summed E-state index contributed by atoms with van der Waals surface area (Å²) in [4.78, 5) is 43.0. The van der Waals surface area contributed by atoms with Gasteiger partial charge >= 0.3 is 23.6 Å². The Kier molecular flexibility index (Phi) is 43.7. The van der Waals surface area contributed by atoms with E-state index in [0.717, 1.165) is 124 Å². The van der Waals surface area contributed by atoms with Gasteiger partial charge in [-0.15, -0.1) is 24.8 Å². The number of unbranched alkanes of at least 4 members (excludes halogenated alkanes) is 5. The summed E-state index contributed by atoms with van der Waals surface area (Å²) in [6.45, 7) is 36.1. The Morgan fingerprint density at radius 3 is 1.63 bits per heavy atom. The second-order valence-electron chi connectivity index (χ2n) is 35.7. The van der Waals surface area contributed by atoms with E-state index in [1.807, 2.05) is 125 Å². The number of aromatic nitrogens is 2. The van der Waals surface area contributed by atoms with Crippen molar-refractivity contribution in [2.24, 2.45) is 15.0 Å². The molecule has 2 aromatic heterocycles. The predicted molar refractivity (Wildman–Crippen MR) is 551 cm³/mol. The third kappa shape index (κ3) is 30.2. The predicted octanol–water partition coefficient (Wildman–Crippen LogP) is 22.1. The number of fused-ring (bicyclic) bond motifs is 8. The van der Waals surface area contributed by atoms with Crippen molar-refractivity contribution in [2.45, 2.75) is 202 Å². The van der Waals surface area contributed by atoms with Gasteiger partial charge in [-0.2, -0.15) is 11.5 Å². The molecule has 4 N–H and O–H groups in total. The summed E-state index contributed by atoms with van der Waals surface area (Å²) in [5.74, 6) is -0.325. The Hall–Kier alpha value is -8.03. The van der Waals surface area contributed by atoms with Crippen LogP contribution >= 0.6 is 70.6 Å². The van der Waals surface area contributed by atoms with E-state index >= 15 is 0 Å². The first-order valence-corrected chi connectivity index (χ1v) is 49.5. The largest absolute Gasteiger partial charge is 0.748 e. The van der Waals surface area contributed by atoms with E-state index in [4.69, 9.17) is 38.4 Å². The van der Waals surface area contributed by atoms with Gasteiger partial charge in [0.2, 0.25) is 5.69 Å². The number of allylic oxidation sites excluding steroid dienone is 4. The molecule has 14 rings (SSSR count). The Morgan fingerprint density at radius 2 is 1.08 bits per heavy atom. The van der Waals surface area contributed by atoms with Crippen LogP contribution in [0.15, 0.2) is 242 Å². The van der Waals surface area contributed by atoms with Crippen LogP contribution in [0.1, 0.15) is 187 Å². The number of pyridine rings is 2. The molecule has 6 aromatic carbocycles. The summed E-state index contributed by atoms with van der Waals surface area (Å²) in [6.07, 6.45) is 22.7. The summed E-state index contributed by atoms with van der Waals surface area (Å²) in [6, 6.07) is 50.3. The van der Waals surface area contributed by atoms with Gasteiger partial charge < -0.3 is 57.2 Å². The van der Waals surface area contributed by atoms with Crippen LogP contribution in [0.2, 0.25) is 0 Å². The SMILES string of the molecule is CC1=Nc2c(ccc[n+]2CCCCS(=O)(=O)[O-])C1(C)C.CC1=[N+](CCCCC(=O)O)c2ccc3cc(C)ccc3c2C1(C)C.CCO.CN1CC(C=Nc2ccccc2)=C(Cl)/C(=C/Nc2ccccc2)C1.C[CH-]I.Cc1ccc2c3c(ccc2c1)N(CCCCCC(=O)O)C(=CC=C1CN(C)CC(C=CC2=Nc4c(ccc[n+]4CCCCS(=O)(=O)[O-])C2(C)C)=C1Cl)C3(C)C.Cl.Cl.[V]. The molecule has 21 nitrogen and oxygen atoms in total.